The number of pyridine rings is 1. The standard InChI is InChI=1S/C35H50FN5O4/c1-21(44-30-11-5-6-13-37-30)19-39-31-27(36)18-25-32-34(31)45-29-17-23-9-4-3-8-22(23)16-28(29)41(32)20-26(33(25)42)35(43)38-14-12-24-10-7-15-40(24)2/h5-6,11,13,20-25,27-29,31-32,34,39H,3-4,7-10,12,14-19H2,1-2H3,(H,38,43). The first-order valence-electron chi connectivity index (χ1n) is 17.5. The number of likely N-dealkylation sites (tertiary alicyclic amines) is 1. The summed E-state index contributed by atoms with van der Waals surface area (Å²) >= 11 is 0. The lowest BCUT2D eigenvalue weighted by atomic mass is 9.65. The van der Waals surface area contributed by atoms with Crippen LogP contribution in [0.5, 0.6) is 5.88 Å². The van der Waals surface area contributed by atoms with Gasteiger partial charge in [0, 0.05) is 43.5 Å². The van der Waals surface area contributed by atoms with Crippen LogP contribution in [0.1, 0.15) is 71.1 Å². The molecule has 1 aromatic heterocycles. The Hall–Kier alpha value is -2.56. The third kappa shape index (κ3) is 6.26. The van der Waals surface area contributed by atoms with E-state index in [1.54, 1.807) is 6.20 Å². The normalized spacial score (nSPS) is 38.4. The van der Waals surface area contributed by atoms with E-state index in [0.717, 1.165) is 32.2 Å². The molecule has 45 heavy (non-hydrogen) atoms. The first-order valence-corrected chi connectivity index (χ1v) is 17.5. The number of hydrogen-bond acceptors (Lipinski definition) is 8. The van der Waals surface area contributed by atoms with Crippen LogP contribution in [0.2, 0.25) is 0 Å². The molecule has 0 spiro atoms. The van der Waals surface area contributed by atoms with Crippen molar-refractivity contribution in [3.63, 3.8) is 0 Å². The van der Waals surface area contributed by atoms with E-state index in [4.69, 9.17) is 9.47 Å². The highest BCUT2D eigenvalue weighted by Crippen LogP contribution is 2.50. The van der Waals surface area contributed by atoms with Gasteiger partial charge >= 0.3 is 0 Å². The molecule has 0 bridgehead atoms. The Morgan fingerprint density at radius 2 is 1.98 bits per heavy atom. The smallest absolute Gasteiger partial charge is 0.256 e. The summed E-state index contributed by atoms with van der Waals surface area (Å²) in [5.41, 5.74) is 0.192. The molecule has 4 heterocycles. The summed E-state index contributed by atoms with van der Waals surface area (Å²) in [5.74, 6) is 0.633. The van der Waals surface area contributed by atoms with Gasteiger partial charge in [0.1, 0.15) is 12.3 Å². The van der Waals surface area contributed by atoms with Crippen molar-refractivity contribution >= 4 is 11.7 Å². The SMILES string of the molecule is CC(CNC1C(F)CC2C(=O)C(C(=O)NCCC3CCCN3C)=CN3C4CC5CCCCC5CC4OC1C23)Oc1ccccn1. The first-order chi connectivity index (χ1) is 21.9. The van der Waals surface area contributed by atoms with Gasteiger partial charge in [0.15, 0.2) is 5.78 Å². The van der Waals surface area contributed by atoms with E-state index in [0.29, 0.717) is 36.8 Å². The molecule has 2 N–H and O–H groups in total. The molecule has 0 radical (unpaired) electrons. The largest absolute Gasteiger partial charge is 0.473 e. The molecule has 3 saturated carbocycles. The molecule has 11 atom stereocenters. The number of carbonyl (C=O) groups is 2. The van der Waals surface area contributed by atoms with Gasteiger partial charge in [0.25, 0.3) is 5.91 Å². The second kappa shape index (κ2) is 13.3. The van der Waals surface area contributed by atoms with Crippen LogP contribution in [0.15, 0.2) is 36.2 Å². The van der Waals surface area contributed by atoms with Crippen molar-refractivity contribution in [2.45, 2.75) is 120 Å². The number of ether oxygens (including phenoxy) is 2. The number of alkyl halides is 1. The monoisotopic (exact) mass is 623 g/mol. The number of amides is 1. The van der Waals surface area contributed by atoms with Gasteiger partial charge in [-0.3, -0.25) is 9.59 Å². The van der Waals surface area contributed by atoms with Gasteiger partial charge in [0.05, 0.1) is 35.9 Å². The topological polar surface area (TPSA) is 96.0 Å². The molecule has 11 unspecified atom stereocenters. The number of carbonyl (C=O) groups excluding carboxylic acids is 2. The number of morpholine rings is 1. The van der Waals surface area contributed by atoms with Gasteiger partial charge in [0.2, 0.25) is 5.88 Å². The van der Waals surface area contributed by atoms with Crippen molar-refractivity contribution in [1.29, 1.82) is 0 Å². The molecular weight excluding hydrogens is 573 g/mol. The quantitative estimate of drug-likeness (QED) is 0.403. The lowest BCUT2D eigenvalue weighted by Gasteiger charge is -2.61. The Kier molecular flexibility index (Phi) is 9.17. The number of fused-ring (bicyclic) bond motifs is 3. The number of Topliss-reactive ketones (excluding diaryl/α,β-unsaturated/α-hetero) is 1. The molecule has 6 aliphatic rings. The fourth-order valence-electron chi connectivity index (χ4n) is 9.45. The van der Waals surface area contributed by atoms with E-state index in [1.165, 1.54) is 32.1 Å². The minimum absolute atomic E-state index is 0.0466. The maximum absolute atomic E-state index is 16.2. The number of halogens is 1. The number of nitrogens with zero attached hydrogens (tertiary/aromatic N) is 3. The molecule has 2 saturated heterocycles. The van der Waals surface area contributed by atoms with Crippen LogP contribution in [-0.2, 0) is 14.3 Å². The maximum atomic E-state index is 16.2. The van der Waals surface area contributed by atoms with Crippen molar-refractivity contribution in [3.8, 4) is 5.88 Å². The molecule has 3 aliphatic heterocycles. The van der Waals surface area contributed by atoms with E-state index in [1.807, 2.05) is 31.3 Å². The van der Waals surface area contributed by atoms with Gasteiger partial charge in [-0.15, -0.1) is 0 Å². The van der Waals surface area contributed by atoms with Crippen molar-refractivity contribution in [3.05, 3.63) is 36.2 Å². The average Bonchev–Trinajstić information content (AvgIpc) is 3.45. The van der Waals surface area contributed by atoms with Gasteiger partial charge in [-0.1, -0.05) is 31.7 Å². The Morgan fingerprint density at radius 1 is 1.16 bits per heavy atom. The van der Waals surface area contributed by atoms with E-state index < -0.39 is 24.2 Å². The van der Waals surface area contributed by atoms with Crippen LogP contribution in [0.3, 0.4) is 0 Å². The van der Waals surface area contributed by atoms with Crippen molar-refractivity contribution in [1.82, 2.24) is 25.4 Å². The third-order valence-corrected chi connectivity index (χ3v) is 11.8. The van der Waals surface area contributed by atoms with Crippen LogP contribution in [0.25, 0.3) is 0 Å². The molecule has 5 fully saturated rings. The average molecular weight is 624 g/mol. The molecule has 3 aliphatic carbocycles. The number of hydrogen-bond donors (Lipinski definition) is 2. The Balaban J connectivity index is 1.11. The van der Waals surface area contributed by atoms with Gasteiger partial charge < -0.3 is 29.9 Å². The summed E-state index contributed by atoms with van der Waals surface area (Å²) in [6.07, 6.45) is 11.7. The molecule has 7 rings (SSSR count). The van der Waals surface area contributed by atoms with Gasteiger partial charge in [-0.25, -0.2) is 9.37 Å². The first kappa shape index (κ1) is 31.1. The highest BCUT2D eigenvalue weighted by molar-refractivity contribution is 6.20. The molecule has 9 nitrogen and oxygen atoms in total. The maximum Gasteiger partial charge on any atom is 0.256 e. The van der Waals surface area contributed by atoms with Crippen LogP contribution >= 0.6 is 0 Å². The summed E-state index contributed by atoms with van der Waals surface area (Å²) in [6.45, 7) is 3.98. The fourth-order valence-corrected chi connectivity index (χ4v) is 9.45. The fraction of sp³-hybridized carbons (Fsp3) is 0.743. The molecule has 0 aromatic carbocycles. The second-order valence-electron chi connectivity index (χ2n) is 14.5. The lowest BCUT2D eigenvalue weighted by molar-refractivity contribution is -0.208. The Morgan fingerprint density at radius 3 is 2.73 bits per heavy atom. The summed E-state index contributed by atoms with van der Waals surface area (Å²) in [6, 6.07) is 5.22. The molecule has 1 aromatic rings. The second-order valence-corrected chi connectivity index (χ2v) is 14.5. The number of nitrogens with one attached hydrogen (secondary N) is 2. The van der Waals surface area contributed by atoms with E-state index in [9.17, 15) is 9.59 Å². The highest BCUT2D eigenvalue weighted by atomic mass is 19.1. The zero-order valence-electron chi connectivity index (χ0n) is 26.8. The predicted molar refractivity (Wildman–Crippen MR) is 168 cm³/mol. The number of ketones is 1. The lowest BCUT2D eigenvalue weighted by Crippen LogP contribution is -2.73. The van der Waals surface area contributed by atoms with Crippen LogP contribution < -0.4 is 15.4 Å². The van der Waals surface area contributed by atoms with Crippen LogP contribution in [0, 0.1) is 17.8 Å². The molecular formula is C35H50FN5O4. The summed E-state index contributed by atoms with van der Waals surface area (Å²) in [5, 5.41) is 6.50. The minimum Gasteiger partial charge on any atom is -0.473 e. The molecule has 10 heteroatoms. The van der Waals surface area contributed by atoms with Crippen LogP contribution in [0.4, 0.5) is 4.39 Å². The predicted octanol–water partition coefficient (Wildman–Crippen LogP) is 3.64. The molecule has 1 amide bonds. The van der Waals surface area contributed by atoms with Crippen molar-refractivity contribution in [2.24, 2.45) is 17.8 Å². The molecule has 246 valence electrons. The third-order valence-electron chi connectivity index (χ3n) is 11.8. The zero-order valence-corrected chi connectivity index (χ0v) is 26.8. The zero-order chi connectivity index (χ0) is 31.1. The number of aromatic nitrogens is 1. The minimum atomic E-state index is -1.29. The van der Waals surface area contributed by atoms with Crippen molar-refractivity contribution < 1.29 is 23.5 Å². The number of rotatable bonds is 9. The van der Waals surface area contributed by atoms with E-state index >= 15 is 4.39 Å². The van der Waals surface area contributed by atoms with E-state index in [-0.39, 0.29) is 48.0 Å². The summed E-state index contributed by atoms with van der Waals surface area (Å²) in [4.78, 5) is 36.4. The summed E-state index contributed by atoms with van der Waals surface area (Å²) in [7, 11) is 2.13. The summed E-state index contributed by atoms with van der Waals surface area (Å²) < 4.78 is 29.1. The van der Waals surface area contributed by atoms with Gasteiger partial charge in [-0.05, 0) is 76.9 Å². The van der Waals surface area contributed by atoms with Crippen LogP contribution in [-0.4, -0.2) is 102 Å². The van der Waals surface area contributed by atoms with Crippen molar-refractivity contribution in [2.75, 3.05) is 26.7 Å². The van der Waals surface area contributed by atoms with E-state index in [2.05, 4.69) is 32.5 Å². The Labute approximate surface area is 266 Å². The van der Waals surface area contributed by atoms with Gasteiger partial charge in [-0.2, -0.15) is 0 Å². The highest BCUT2D eigenvalue weighted by Gasteiger charge is 2.59. The Bertz CT molecular complexity index is 1250.